The third kappa shape index (κ3) is 5.95. The summed E-state index contributed by atoms with van der Waals surface area (Å²) >= 11 is 0. The molecule has 52 heavy (non-hydrogen) atoms. The summed E-state index contributed by atoms with van der Waals surface area (Å²) in [5.41, 5.74) is 13.8. The maximum atomic E-state index is 14.0. The van der Waals surface area contributed by atoms with Crippen LogP contribution in [0.5, 0.6) is 5.75 Å². The van der Waals surface area contributed by atoms with E-state index in [0.29, 0.717) is 33.5 Å². The molecule has 5 nitrogen and oxygen atoms in total. The normalized spacial score (nSPS) is 12.0. The van der Waals surface area contributed by atoms with E-state index in [9.17, 15) is 4.79 Å². The summed E-state index contributed by atoms with van der Waals surface area (Å²) in [6.45, 7) is 4.16. The van der Waals surface area contributed by atoms with Gasteiger partial charge in [0.15, 0.2) is 0 Å². The van der Waals surface area contributed by atoms with Crippen LogP contribution in [0.15, 0.2) is 133 Å². The largest absolute Gasteiger partial charge is 0.665 e. The first-order valence-corrected chi connectivity index (χ1v) is 16.9. The van der Waals surface area contributed by atoms with Crippen molar-refractivity contribution in [3.05, 3.63) is 168 Å². The van der Waals surface area contributed by atoms with Gasteiger partial charge in [-0.3, -0.25) is 0 Å². The van der Waals surface area contributed by atoms with E-state index in [1.165, 1.54) is 0 Å². The number of aromatic nitrogens is 3. The van der Waals surface area contributed by atoms with Crippen molar-refractivity contribution in [2.75, 3.05) is 0 Å². The number of ether oxygens (including phenoxy) is 1. The summed E-state index contributed by atoms with van der Waals surface area (Å²) in [5, 5.41) is 0. The van der Waals surface area contributed by atoms with Gasteiger partial charge in [0.2, 0.25) is 0 Å². The molecule has 4 aromatic carbocycles. The van der Waals surface area contributed by atoms with Gasteiger partial charge in [-0.1, -0.05) is 173 Å². The van der Waals surface area contributed by atoms with Crippen molar-refractivity contribution in [2.24, 2.45) is 0 Å². The molecule has 6 heteroatoms. The number of carbonyl (C=O) groups excluding carboxylic acids is 1. The minimum absolute atomic E-state index is 0. The summed E-state index contributed by atoms with van der Waals surface area (Å²) in [5.74, 6) is -0.176. The Morgan fingerprint density at radius 1 is 0.500 bits per heavy atom. The second-order valence-corrected chi connectivity index (χ2v) is 12.8. The first-order chi connectivity index (χ1) is 25.0. The predicted octanol–water partition coefficient (Wildman–Crippen LogP) is 10.7. The number of nitrogens with zero attached hydrogens (tertiary/aromatic N) is 3. The molecule has 1 radical (unpaired) electrons. The maximum absolute atomic E-state index is 14.0. The van der Waals surface area contributed by atoms with Crippen LogP contribution in [0.3, 0.4) is 0 Å². The number of rotatable bonds is 4. The van der Waals surface area contributed by atoms with Crippen molar-refractivity contribution in [2.45, 2.75) is 13.8 Å². The smallest absolute Gasteiger partial charge is 0.254 e. The molecule has 8 bridgehead atoms. The number of esters is 1. The number of carbonyl (C=O) groups is 1. The van der Waals surface area contributed by atoms with Gasteiger partial charge in [0.1, 0.15) is 0 Å². The van der Waals surface area contributed by atoms with Crippen molar-refractivity contribution in [3.63, 3.8) is 0 Å². The Morgan fingerprint density at radius 2 is 0.904 bits per heavy atom. The molecule has 2 aliphatic rings. The molecule has 0 atom stereocenters. The molecule has 9 rings (SSSR count). The van der Waals surface area contributed by atoms with Crippen LogP contribution in [0.1, 0.15) is 32.9 Å². The van der Waals surface area contributed by atoms with Gasteiger partial charge < -0.3 is 19.5 Å². The van der Waals surface area contributed by atoms with Crippen molar-refractivity contribution < 1.29 is 31.9 Å². The molecule has 0 spiro atoms. The zero-order chi connectivity index (χ0) is 34.5. The molecular weight excluding hydrogens is 734 g/mol. The van der Waals surface area contributed by atoms with Gasteiger partial charge >= 0.3 is 0 Å². The fourth-order valence-electron chi connectivity index (χ4n) is 6.85. The monoisotopic (exact) mass is 763 g/mol. The molecule has 255 valence electrons. The fourth-order valence-corrected chi connectivity index (χ4v) is 6.85. The third-order valence-corrected chi connectivity index (χ3v) is 9.38. The first-order valence-electron chi connectivity index (χ1n) is 16.9. The molecule has 0 amide bonds. The van der Waals surface area contributed by atoms with E-state index in [0.717, 1.165) is 66.9 Å². The minimum Gasteiger partial charge on any atom is -0.665 e. The fraction of sp³-hybridized carbons (Fsp3) is 0.0435. The molecule has 0 fully saturated rings. The first kappa shape index (κ1) is 33.2. The van der Waals surface area contributed by atoms with E-state index in [1.54, 1.807) is 0 Å². The zero-order valence-corrected chi connectivity index (χ0v) is 29.8. The van der Waals surface area contributed by atoms with Gasteiger partial charge in [-0.2, -0.15) is 11.0 Å². The van der Waals surface area contributed by atoms with E-state index in [2.05, 4.69) is 80.6 Å². The standard InChI is InChI=1S/C46H31N3O2.Ag/c1-28-13-17-32(18-14-28)43-36-22-21-35(47-36)42(30-9-5-3-6-10-30)34-27-41(51-46(34)50)45(31-11-7-4-8-12-31)40-26-25-39(49-40)44(38-24-23-37(43)48-38)33-19-15-29(2)16-20-33;/h3-26H,1-2H3,(H-,47,48,49,50);/q-2;/p-1. The van der Waals surface area contributed by atoms with Crippen LogP contribution in [0.2, 0.25) is 0 Å². The van der Waals surface area contributed by atoms with Crippen LogP contribution in [0.25, 0.3) is 78.7 Å². The Kier molecular flexibility index (Phi) is 8.69. The molecule has 3 aromatic heterocycles. The van der Waals surface area contributed by atoms with Crippen molar-refractivity contribution >= 4 is 40.2 Å². The minimum atomic E-state index is -0.491. The molecule has 0 aliphatic carbocycles. The number of aryl methyl sites for hydroxylation is 2. The van der Waals surface area contributed by atoms with Crippen molar-refractivity contribution in [1.29, 1.82) is 0 Å². The molecule has 5 heterocycles. The number of hydrogen-bond donors (Lipinski definition) is 0. The van der Waals surface area contributed by atoms with Gasteiger partial charge in [-0.05, 0) is 48.3 Å². The van der Waals surface area contributed by atoms with Gasteiger partial charge in [-0.25, -0.2) is 4.98 Å². The number of hydrogen-bond acceptors (Lipinski definition) is 3. The summed E-state index contributed by atoms with van der Waals surface area (Å²) in [4.78, 5) is 29.7. The van der Waals surface area contributed by atoms with Gasteiger partial charge in [0.05, 0.1) is 11.4 Å². The van der Waals surface area contributed by atoms with E-state index < -0.39 is 5.97 Å². The second kappa shape index (κ2) is 13.6. The molecule has 0 saturated heterocycles. The molecule has 0 N–H and O–H groups in total. The Hall–Kier alpha value is -5.98. The molecule has 2 aliphatic heterocycles. The molecular formula is C46H30AgN3O2-3. The van der Waals surface area contributed by atoms with Crippen LogP contribution in [0.4, 0.5) is 0 Å². The van der Waals surface area contributed by atoms with Gasteiger partial charge in [0.25, 0.3) is 5.97 Å². The Balaban J connectivity index is 0.00000387. The van der Waals surface area contributed by atoms with Crippen LogP contribution in [-0.2, 0) is 22.4 Å². The van der Waals surface area contributed by atoms with Crippen molar-refractivity contribution in [1.82, 2.24) is 15.0 Å². The Labute approximate surface area is 317 Å². The maximum Gasteiger partial charge on any atom is 0.254 e. The average Bonchev–Trinajstić information content (AvgIpc) is 3.98. The third-order valence-electron chi connectivity index (χ3n) is 9.38. The average molecular weight is 765 g/mol. The summed E-state index contributed by atoms with van der Waals surface area (Å²) < 4.78 is 6.11. The summed E-state index contributed by atoms with van der Waals surface area (Å²) in [6, 6.07) is 47.9. The molecule has 7 aromatic rings. The molecule has 0 saturated carbocycles. The van der Waals surface area contributed by atoms with Crippen molar-refractivity contribution in [3.8, 4) is 50.3 Å². The quantitative estimate of drug-likeness (QED) is 0.101. The van der Waals surface area contributed by atoms with E-state index in [-0.39, 0.29) is 22.4 Å². The summed E-state index contributed by atoms with van der Waals surface area (Å²) in [6.07, 6.45) is 4.12. The van der Waals surface area contributed by atoms with Crippen LogP contribution >= 0.6 is 0 Å². The van der Waals surface area contributed by atoms with E-state index in [1.807, 2.05) is 84.9 Å². The Morgan fingerprint density at radius 3 is 1.38 bits per heavy atom. The van der Waals surface area contributed by atoms with E-state index in [4.69, 9.17) is 19.7 Å². The van der Waals surface area contributed by atoms with Crippen LogP contribution in [0, 0.1) is 19.9 Å². The van der Waals surface area contributed by atoms with Crippen LogP contribution < -0.4 is 14.7 Å². The molecule has 0 unspecified atom stereocenters. The predicted molar refractivity (Wildman–Crippen MR) is 205 cm³/mol. The van der Waals surface area contributed by atoms with Gasteiger partial charge in [-0.15, -0.1) is 16.6 Å². The SMILES string of the molecule is Cc1ccc(-c2c3nc(c(-c4ccc(C)cc4)c4ccc([n-]4)c(-c4ccccc4)c4[c-]c(c(-c5ccccc5)c5ccc2[n-]5)OC4=O)C=C3)cc1.[Ag]. The number of fused-ring (bicyclic) bond motifs is 8. The second-order valence-electron chi connectivity index (χ2n) is 12.8. The number of benzene rings is 4. The summed E-state index contributed by atoms with van der Waals surface area (Å²) in [7, 11) is 0. The topological polar surface area (TPSA) is 67.4 Å². The van der Waals surface area contributed by atoms with Crippen LogP contribution in [-0.4, -0.2) is 11.0 Å². The van der Waals surface area contributed by atoms with E-state index >= 15 is 0 Å². The Bertz CT molecular complexity index is 2670. The van der Waals surface area contributed by atoms with Gasteiger partial charge in [0, 0.05) is 28.1 Å². The zero-order valence-electron chi connectivity index (χ0n) is 28.3.